The number of hydrogen-bond donors (Lipinski definition) is 2. The van der Waals surface area contributed by atoms with Crippen molar-refractivity contribution in [3.8, 4) is 0 Å². The lowest BCUT2D eigenvalue weighted by molar-refractivity contribution is -0.126. The summed E-state index contributed by atoms with van der Waals surface area (Å²) in [6.45, 7) is 1.06. The van der Waals surface area contributed by atoms with Crippen molar-refractivity contribution >= 4 is 17.7 Å². The Morgan fingerprint density at radius 1 is 1.04 bits per heavy atom. The van der Waals surface area contributed by atoms with Gasteiger partial charge in [0.1, 0.15) is 5.78 Å². The van der Waals surface area contributed by atoms with Crippen molar-refractivity contribution in [1.82, 2.24) is 10.2 Å². The molecule has 3 rings (SSSR count). The largest absolute Gasteiger partial charge is 0.352 e. The molecule has 1 aliphatic heterocycles. The van der Waals surface area contributed by atoms with Crippen molar-refractivity contribution in [3.05, 3.63) is 35.4 Å². The molecule has 1 saturated carbocycles. The van der Waals surface area contributed by atoms with Crippen LogP contribution in [0.1, 0.15) is 67.3 Å². The fourth-order valence-corrected chi connectivity index (χ4v) is 4.34. The second-order valence-electron chi connectivity index (χ2n) is 7.65. The van der Waals surface area contributed by atoms with Gasteiger partial charge in [-0.1, -0.05) is 31.4 Å². The van der Waals surface area contributed by atoms with E-state index in [1.165, 1.54) is 0 Å². The van der Waals surface area contributed by atoms with Gasteiger partial charge in [-0.3, -0.25) is 9.59 Å². The minimum atomic E-state index is -0.570. The summed E-state index contributed by atoms with van der Waals surface area (Å²) < 4.78 is 0. The number of nitrogens with zero attached hydrogens (tertiary/aromatic N) is 1. The van der Waals surface area contributed by atoms with Crippen molar-refractivity contribution in [2.24, 2.45) is 11.7 Å². The number of likely N-dealkylation sites (tertiary alicyclic amines) is 1. The van der Waals surface area contributed by atoms with E-state index in [9.17, 15) is 14.4 Å². The highest BCUT2D eigenvalue weighted by atomic mass is 16.2. The second kappa shape index (κ2) is 9.02. The molecule has 2 fully saturated rings. The van der Waals surface area contributed by atoms with Crippen LogP contribution >= 0.6 is 0 Å². The predicted octanol–water partition coefficient (Wildman–Crippen LogP) is 3.00. The summed E-state index contributed by atoms with van der Waals surface area (Å²) >= 11 is 0. The zero-order valence-electron chi connectivity index (χ0n) is 15.8. The van der Waals surface area contributed by atoms with Gasteiger partial charge >= 0.3 is 6.03 Å². The highest BCUT2D eigenvalue weighted by molar-refractivity contribution is 5.95. The van der Waals surface area contributed by atoms with E-state index in [1.807, 2.05) is 17.0 Å². The topological polar surface area (TPSA) is 92.5 Å². The van der Waals surface area contributed by atoms with E-state index in [0.717, 1.165) is 57.1 Å². The van der Waals surface area contributed by atoms with E-state index in [2.05, 4.69) is 5.32 Å². The molecule has 3 amide bonds. The quantitative estimate of drug-likeness (QED) is 0.852. The third-order valence-electron chi connectivity index (χ3n) is 5.79. The molecule has 1 aliphatic carbocycles. The van der Waals surface area contributed by atoms with Crippen molar-refractivity contribution < 1.29 is 14.4 Å². The van der Waals surface area contributed by atoms with Gasteiger partial charge in [0, 0.05) is 37.0 Å². The van der Waals surface area contributed by atoms with E-state index >= 15 is 0 Å². The molecular weight excluding hydrogens is 342 g/mol. The number of carbonyl (C=O) groups excluding carboxylic acids is 3. The van der Waals surface area contributed by atoms with Crippen LogP contribution in [-0.4, -0.2) is 35.2 Å². The summed E-state index contributed by atoms with van der Waals surface area (Å²) in [4.78, 5) is 38.5. The van der Waals surface area contributed by atoms with Crippen molar-refractivity contribution in [3.63, 3.8) is 0 Å². The number of hydrogen-bond acceptors (Lipinski definition) is 3. The third kappa shape index (κ3) is 4.87. The Morgan fingerprint density at radius 2 is 1.78 bits per heavy atom. The van der Waals surface area contributed by atoms with Gasteiger partial charge in [0.25, 0.3) is 5.91 Å². The molecule has 0 radical (unpaired) electrons. The molecule has 0 spiro atoms. The van der Waals surface area contributed by atoms with Gasteiger partial charge in [-0.2, -0.15) is 0 Å². The SMILES string of the molecule is NC(=O)NCc1ccc(C(=O)N2CCCCCC2C2CCCCC2=O)cc1. The number of Topliss-reactive ketones (excluding diaryl/α,β-unsaturated/α-hetero) is 1. The first-order chi connectivity index (χ1) is 13.1. The van der Waals surface area contributed by atoms with Crippen LogP contribution in [0.4, 0.5) is 4.79 Å². The van der Waals surface area contributed by atoms with Crippen molar-refractivity contribution in [2.75, 3.05) is 6.54 Å². The average Bonchev–Trinajstić information content (AvgIpc) is 2.92. The first-order valence-corrected chi connectivity index (χ1v) is 10.0. The molecular formula is C21H29N3O3. The van der Waals surface area contributed by atoms with Crippen molar-refractivity contribution in [1.29, 1.82) is 0 Å². The van der Waals surface area contributed by atoms with Crippen LogP contribution in [0.25, 0.3) is 0 Å². The maximum Gasteiger partial charge on any atom is 0.312 e. The van der Waals surface area contributed by atoms with Crippen LogP contribution in [-0.2, 0) is 11.3 Å². The number of primary amides is 1. The summed E-state index contributed by atoms with van der Waals surface area (Å²) in [5, 5.41) is 2.54. The first kappa shape index (κ1) is 19.4. The van der Waals surface area contributed by atoms with Gasteiger partial charge in [0.05, 0.1) is 0 Å². The molecule has 146 valence electrons. The number of carbonyl (C=O) groups is 3. The predicted molar refractivity (Wildman–Crippen MR) is 103 cm³/mol. The summed E-state index contributed by atoms with van der Waals surface area (Å²) in [5.74, 6) is 0.341. The molecule has 2 atom stereocenters. The minimum Gasteiger partial charge on any atom is -0.352 e. The summed E-state index contributed by atoms with van der Waals surface area (Å²) in [6.07, 6.45) is 7.73. The van der Waals surface area contributed by atoms with Crippen LogP contribution in [0.5, 0.6) is 0 Å². The number of urea groups is 1. The van der Waals surface area contributed by atoms with Crippen LogP contribution in [0.3, 0.4) is 0 Å². The Kier molecular flexibility index (Phi) is 6.48. The van der Waals surface area contributed by atoms with Crippen molar-refractivity contribution in [2.45, 2.75) is 64.0 Å². The Balaban J connectivity index is 1.75. The van der Waals surface area contributed by atoms with Gasteiger partial charge in [-0.25, -0.2) is 4.79 Å². The van der Waals surface area contributed by atoms with E-state index in [1.54, 1.807) is 12.1 Å². The molecule has 0 bridgehead atoms. The first-order valence-electron chi connectivity index (χ1n) is 10.0. The van der Waals surface area contributed by atoms with E-state index in [0.29, 0.717) is 24.3 Å². The fourth-order valence-electron chi connectivity index (χ4n) is 4.34. The molecule has 6 nitrogen and oxygen atoms in total. The molecule has 1 heterocycles. The highest BCUT2D eigenvalue weighted by Crippen LogP contribution is 2.32. The Hall–Kier alpha value is -2.37. The normalized spacial score (nSPS) is 23.6. The number of nitrogens with one attached hydrogen (secondary N) is 1. The molecule has 1 aromatic carbocycles. The average molecular weight is 371 g/mol. The lowest BCUT2D eigenvalue weighted by atomic mass is 9.80. The summed E-state index contributed by atoms with van der Waals surface area (Å²) in [6, 6.07) is 6.73. The van der Waals surface area contributed by atoms with Gasteiger partial charge in [-0.15, -0.1) is 0 Å². The van der Waals surface area contributed by atoms with Crippen LogP contribution in [0.2, 0.25) is 0 Å². The van der Waals surface area contributed by atoms with Gasteiger partial charge in [0.15, 0.2) is 0 Å². The minimum absolute atomic E-state index is 0.000148. The standard InChI is InChI=1S/C21H29N3O3/c22-21(27)23-14-15-9-11-16(12-10-15)20(26)24-13-5-1-2-7-18(24)17-6-3-4-8-19(17)25/h9-12,17-18H,1-8,13-14H2,(H3,22,23,27). The number of rotatable bonds is 4. The van der Waals surface area contributed by atoms with E-state index in [-0.39, 0.29) is 17.9 Å². The van der Waals surface area contributed by atoms with Gasteiger partial charge in [-0.05, 0) is 43.4 Å². The van der Waals surface area contributed by atoms with E-state index in [4.69, 9.17) is 5.73 Å². The zero-order chi connectivity index (χ0) is 19.2. The molecule has 0 aromatic heterocycles. The monoisotopic (exact) mass is 371 g/mol. The third-order valence-corrected chi connectivity index (χ3v) is 5.79. The molecule has 1 aromatic rings. The zero-order valence-corrected chi connectivity index (χ0v) is 15.8. The number of ketones is 1. The number of benzene rings is 1. The molecule has 6 heteroatoms. The molecule has 1 saturated heterocycles. The van der Waals surface area contributed by atoms with Gasteiger partial charge in [0.2, 0.25) is 0 Å². The molecule has 2 aliphatic rings. The van der Waals surface area contributed by atoms with E-state index < -0.39 is 6.03 Å². The Labute approximate surface area is 160 Å². The Morgan fingerprint density at radius 3 is 2.48 bits per heavy atom. The van der Waals surface area contributed by atoms with Crippen LogP contribution in [0.15, 0.2) is 24.3 Å². The molecule has 27 heavy (non-hydrogen) atoms. The summed E-state index contributed by atoms with van der Waals surface area (Å²) in [5.41, 5.74) is 6.61. The maximum absolute atomic E-state index is 13.2. The van der Waals surface area contributed by atoms with Gasteiger partial charge < -0.3 is 16.0 Å². The van der Waals surface area contributed by atoms with Crippen LogP contribution in [0, 0.1) is 5.92 Å². The fraction of sp³-hybridized carbons (Fsp3) is 0.571. The lowest BCUT2D eigenvalue weighted by Gasteiger charge is -2.37. The Bertz CT molecular complexity index is 686. The highest BCUT2D eigenvalue weighted by Gasteiger charge is 2.36. The maximum atomic E-state index is 13.2. The number of amides is 3. The molecule has 3 N–H and O–H groups in total. The van der Waals surface area contributed by atoms with Crippen LogP contribution < -0.4 is 11.1 Å². The second-order valence-corrected chi connectivity index (χ2v) is 7.65. The molecule has 2 unspecified atom stereocenters. The lowest BCUT2D eigenvalue weighted by Crippen LogP contribution is -2.47. The smallest absolute Gasteiger partial charge is 0.312 e. The number of nitrogens with two attached hydrogens (primary N) is 1. The summed E-state index contributed by atoms with van der Waals surface area (Å²) in [7, 11) is 0.